The average Bonchev–Trinajstić information content (AvgIpc) is 3.01. The first-order valence-corrected chi connectivity index (χ1v) is 15.1. The van der Waals surface area contributed by atoms with Crippen LogP contribution >= 0.6 is 11.6 Å². The molecule has 3 aromatic rings. The maximum atomic E-state index is 13.9. The van der Waals surface area contributed by atoms with E-state index in [1.165, 1.54) is 27.9 Å². The van der Waals surface area contributed by atoms with Crippen molar-refractivity contribution in [3.8, 4) is 0 Å². The van der Waals surface area contributed by atoms with Crippen LogP contribution in [0.2, 0.25) is 5.02 Å². The molecule has 7 nitrogen and oxygen atoms in total. The molecule has 8 heteroatoms. The molecule has 0 saturated carbocycles. The molecular formula is C33H38ClN5O2. The van der Waals surface area contributed by atoms with Crippen LogP contribution < -0.4 is 21.3 Å². The molecule has 1 fully saturated rings. The molecule has 0 spiro atoms. The van der Waals surface area contributed by atoms with Crippen molar-refractivity contribution in [2.75, 3.05) is 31.1 Å². The van der Waals surface area contributed by atoms with Gasteiger partial charge in [-0.2, -0.15) is 0 Å². The first-order valence-electron chi connectivity index (χ1n) is 14.7. The van der Waals surface area contributed by atoms with Gasteiger partial charge in [0.1, 0.15) is 6.04 Å². The van der Waals surface area contributed by atoms with Gasteiger partial charge < -0.3 is 26.2 Å². The lowest BCUT2D eigenvalue weighted by molar-refractivity contribution is -0.137. The molecule has 214 valence electrons. The standard InChI is InChI=1S/C33H38ClN5O2/c34-26-11-8-22(9-12-26)18-30(37-32(40)29-19-24-4-1-2-5-25(24)21-36-29)33(41)39-16-14-38(15-17-39)31-7-3-6-23-10-13-27(35)20-28(23)31/h1-9,11-12,27,29-30,36H,10,13-21,35H2,(H,37,40)/t27?,29-,30-/m1/s1. The maximum Gasteiger partial charge on any atom is 0.245 e. The number of halogens is 1. The van der Waals surface area contributed by atoms with Crippen LogP contribution in [-0.4, -0.2) is 61.0 Å². The number of hydrogen-bond donors (Lipinski definition) is 3. The number of anilines is 1. The number of carbonyl (C=O) groups excluding carboxylic acids is 2. The lowest BCUT2D eigenvalue weighted by Crippen LogP contribution is -2.58. The minimum absolute atomic E-state index is 0.0405. The molecule has 0 radical (unpaired) electrons. The van der Waals surface area contributed by atoms with E-state index in [1.807, 2.05) is 41.3 Å². The first-order chi connectivity index (χ1) is 19.9. The summed E-state index contributed by atoms with van der Waals surface area (Å²) in [4.78, 5) is 31.7. The fraction of sp³-hybridized carbons (Fsp3) is 0.394. The van der Waals surface area contributed by atoms with Gasteiger partial charge in [0, 0.05) is 55.9 Å². The Morgan fingerprint density at radius 3 is 2.44 bits per heavy atom. The summed E-state index contributed by atoms with van der Waals surface area (Å²) >= 11 is 6.11. The molecule has 2 aliphatic heterocycles. The Labute approximate surface area is 247 Å². The van der Waals surface area contributed by atoms with Crippen LogP contribution in [0.3, 0.4) is 0 Å². The van der Waals surface area contributed by atoms with Gasteiger partial charge in [-0.1, -0.05) is 60.1 Å². The maximum absolute atomic E-state index is 13.9. The molecule has 3 aliphatic rings. The van der Waals surface area contributed by atoms with Crippen molar-refractivity contribution in [3.05, 3.63) is 99.6 Å². The van der Waals surface area contributed by atoms with Gasteiger partial charge in [-0.3, -0.25) is 9.59 Å². The molecule has 0 aromatic heterocycles. The minimum Gasteiger partial charge on any atom is -0.368 e. The SMILES string of the molecule is NC1CCc2cccc(N3CCN(C(=O)[C@@H](Cc4ccc(Cl)cc4)NC(=O)[C@H]4Cc5ccccc5CN4)CC3)c2C1. The van der Waals surface area contributed by atoms with Crippen molar-refractivity contribution >= 4 is 29.1 Å². The number of nitrogens with two attached hydrogens (primary N) is 1. The summed E-state index contributed by atoms with van der Waals surface area (Å²) in [6.45, 7) is 3.35. The summed E-state index contributed by atoms with van der Waals surface area (Å²) in [5.74, 6) is -0.182. The number of fused-ring (bicyclic) bond motifs is 2. The van der Waals surface area contributed by atoms with E-state index in [4.69, 9.17) is 17.3 Å². The third-order valence-corrected chi connectivity index (χ3v) is 9.05. The molecule has 3 atom stereocenters. The van der Waals surface area contributed by atoms with E-state index in [2.05, 4.69) is 45.9 Å². The fourth-order valence-electron chi connectivity index (χ4n) is 6.45. The highest BCUT2D eigenvalue weighted by molar-refractivity contribution is 6.30. The second kappa shape index (κ2) is 12.2. The number of amides is 2. The van der Waals surface area contributed by atoms with Gasteiger partial charge in [-0.15, -0.1) is 0 Å². The van der Waals surface area contributed by atoms with Gasteiger partial charge in [0.15, 0.2) is 0 Å². The predicted octanol–water partition coefficient (Wildman–Crippen LogP) is 3.25. The quantitative estimate of drug-likeness (QED) is 0.423. The Morgan fingerprint density at radius 1 is 0.927 bits per heavy atom. The van der Waals surface area contributed by atoms with Gasteiger partial charge in [0.05, 0.1) is 6.04 Å². The van der Waals surface area contributed by atoms with Crippen molar-refractivity contribution in [1.29, 1.82) is 0 Å². The van der Waals surface area contributed by atoms with Crippen molar-refractivity contribution in [3.63, 3.8) is 0 Å². The van der Waals surface area contributed by atoms with Crippen LogP contribution in [0.25, 0.3) is 0 Å². The van der Waals surface area contributed by atoms with Crippen LogP contribution in [0.5, 0.6) is 0 Å². The number of aryl methyl sites for hydroxylation is 1. The number of rotatable bonds is 6. The lowest BCUT2D eigenvalue weighted by Gasteiger charge is -2.39. The molecule has 2 amide bonds. The molecule has 0 bridgehead atoms. The Hall–Kier alpha value is -3.39. The second-order valence-electron chi connectivity index (χ2n) is 11.5. The Bertz CT molecular complexity index is 1400. The molecule has 2 heterocycles. The van der Waals surface area contributed by atoms with Gasteiger partial charge in [0.25, 0.3) is 0 Å². The largest absolute Gasteiger partial charge is 0.368 e. The van der Waals surface area contributed by atoms with Gasteiger partial charge in [-0.05, 0) is 71.7 Å². The Kier molecular flexibility index (Phi) is 8.28. The van der Waals surface area contributed by atoms with Gasteiger partial charge in [-0.25, -0.2) is 0 Å². The molecule has 1 saturated heterocycles. The number of nitrogens with zero attached hydrogens (tertiary/aromatic N) is 2. The zero-order valence-corrected chi connectivity index (χ0v) is 24.1. The number of nitrogens with one attached hydrogen (secondary N) is 2. The molecule has 1 aliphatic carbocycles. The van der Waals surface area contributed by atoms with E-state index in [9.17, 15) is 9.59 Å². The third-order valence-electron chi connectivity index (χ3n) is 8.80. The second-order valence-corrected chi connectivity index (χ2v) is 12.0. The number of carbonyl (C=O) groups is 2. The molecule has 41 heavy (non-hydrogen) atoms. The summed E-state index contributed by atoms with van der Waals surface area (Å²) in [6.07, 6.45) is 3.97. The van der Waals surface area contributed by atoms with Crippen molar-refractivity contribution < 1.29 is 9.59 Å². The number of benzene rings is 3. The monoisotopic (exact) mass is 571 g/mol. The third kappa shape index (κ3) is 6.27. The normalized spacial score (nSPS) is 21.0. The van der Waals surface area contributed by atoms with Crippen molar-refractivity contribution in [1.82, 2.24) is 15.5 Å². The van der Waals surface area contributed by atoms with E-state index in [1.54, 1.807) is 0 Å². The Morgan fingerprint density at radius 2 is 1.66 bits per heavy atom. The highest BCUT2D eigenvalue weighted by Crippen LogP contribution is 2.31. The Balaban J connectivity index is 1.15. The summed E-state index contributed by atoms with van der Waals surface area (Å²) in [5, 5.41) is 7.11. The highest BCUT2D eigenvalue weighted by atomic mass is 35.5. The lowest BCUT2D eigenvalue weighted by atomic mass is 9.87. The molecule has 1 unspecified atom stereocenters. The van der Waals surface area contributed by atoms with Gasteiger partial charge in [0.2, 0.25) is 11.8 Å². The van der Waals surface area contributed by atoms with E-state index in [-0.39, 0.29) is 23.9 Å². The first kappa shape index (κ1) is 27.8. The smallest absolute Gasteiger partial charge is 0.245 e. The summed E-state index contributed by atoms with van der Waals surface area (Å²) < 4.78 is 0. The highest BCUT2D eigenvalue weighted by Gasteiger charge is 2.33. The van der Waals surface area contributed by atoms with Crippen LogP contribution in [0.1, 0.15) is 34.2 Å². The van der Waals surface area contributed by atoms with Crippen LogP contribution in [0.4, 0.5) is 5.69 Å². The zero-order valence-electron chi connectivity index (χ0n) is 23.3. The number of piperazine rings is 1. The van der Waals surface area contributed by atoms with Crippen molar-refractivity contribution in [2.24, 2.45) is 5.73 Å². The zero-order chi connectivity index (χ0) is 28.3. The van der Waals surface area contributed by atoms with E-state index >= 15 is 0 Å². The van der Waals surface area contributed by atoms with Gasteiger partial charge >= 0.3 is 0 Å². The number of hydrogen-bond acceptors (Lipinski definition) is 5. The van der Waals surface area contributed by atoms with Crippen LogP contribution in [-0.2, 0) is 41.8 Å². The van der Waals surface area contributed by atoms with E-state index < -0.39 is 6.04 Å². The molecular weight excluding hydrogens is 534 g/mol. The van der Waals surface area contributed by atoms with E-state index in [0.29, 0.717) is 37.5 Å². The summed E-state index contributed by atoms with van der Waals surface area (Å²) in [7, 11) is 0. The van der Waals surface area contributed by atoms with Crippen molar-refractivity contribution in [2.45, 2.75) is 56.8 Å². The summed E-state index contributed by atoms with van der Waals surface area (Å²) in [5.41, 5.74) is 13.7. The molecule has 3 aromatic carbocycles. The average molecular weight is 572 g/mol. The molecule has 6 rings (SSSR count). The predicted molar refractivity (Wildman–Crippen MR) is 163 cm³/mol. The minimum atomic E-state index is -0.656. The van der Waals surface area contributed by atoms with Crippen LogP contribution in [0.15, 0.2) is 66.7 Å². The summed E-state index contributed by atoms with van der Waals surface area (Å²) in [6, 6.07) is 21.4. The fourth-order valence-corrected chi connectivity index (χ4v) is 6.57. The van der Waals surface area contributed by atoms with E-state index in [0.717, 1.165) is 37.9 Å². The van der Waals surface area contributed by atoms with Crippen LogP contribution in [0, 0.1) is 0 Å². The topological polar surface area (TPSA) is 90.7 Å². The molecule has 4 N–H and O–H groups in total.